The molecule has 0 unspecified atom stereocenters. The van der Waals surface area contributed by atoms with Gasteiger partial charge < -0.3 is 10.7 Å². The van der Waals surface area contributed by atoms with Gasteiger partial charge in [0.25, 0.3) is 0 Å². The Morgan fingerprint density at radius 3 is 2.70 bits per heavy atom. The Bertz CT molecular complexity index is 903. The second-order valence-corrected chi connectivity index (χ2v) is 6.62. The average molecular weight is 379 g/mol. The van der Waals surface area contributed by atoms with Crippen LogP contribution >= 0.6 is 11.3 Å². The molecule has 27 heavy (non-hydrogen) atoms. The molecule has 1 aromatic carbocycles. The Morgan fingerprint density at radius 2 is 1.96 bits per heavy atom. The Kier molecular flexibility index (Phi) is 6.67. The number of hydrogen-bond donors (Lipinski definition) is 3. The highest BCUT2D eigenvalue weighted by molar-refractivity contribution is 7.14. The predicted octanol–water partition coefficient (Wildman–Crippen LogP) is 4.62. The van der Waals surface area contributed by atoms with E-state index in [1.165, 1.54) is 0 Å². The third-order valence-corrected chi connectivity index (χ3v) is 4.24. The normalized spacial score (nSPS) is 11.7. The summed E-state index contributed by atoms with van der Waals surface area (Å²) in [7, 11) is 0. The van der Waals surface area contributed by atoms with Crippen molar-refractivity contribution >= 4 is 46.0 Å². The van der Waals surface area contributed by atoms with Crippen LogP contribution in [0.15, 0.2) is 58.9 Å². The van der Waals surface area contributed by atoms with Crippen LogP contribution in [0.2, 0.25) is 0 Å². The SMILES string of the molecule is CCNNC(C)=Nc1cc(Nc2cccs2)nc(/C=C/c2ccccc2)n1. The maximum atomic E-state index is 4.59. The second kappa shape index (κ2) is 9.61. The highest BCUT2D eigenvalue weighted by atomic mass is 32.1. The fraction of sp³-hybridized carbons (Fsp3) is 0.150. The minimum atomic E-state index is 0.583. The molecule has 0 aliphatic rings. The molecule has 2 heterocycles. The summed E-state index contributed by atoms with van der Waals surface area (Å²) in [4.78, 5) is 13.6. The number of anilines is 2. The summed E-state index contributed by atoms with van der Waals surface area (Å²) in [5, 5.41) is 6.34. The molecular weight excluding hydrogens is 356 g/mol. The molecule has 0 spiro atoms. The van der Waals surface area contributed by atoms with Gasteiger partial charge in [-0.15, -0.1) is 11.3 Å². The molecule has 0 aliphatic carbocycles. The van der Waals surface area contributed by atoms with Crippen molar-refractivity contribution in [1.82, 2.24) is 20.8 Å². The minimum absolute atomic E-state index is 0.583. The van der Waals surface area contributed by atoms with E-state index in [0.29, 0.717) is 17.5 Å². The Balaban J connectivity index is 1.88. The minimum Gasteiger partial charge on any atom is -0.332 e. The van der Waals surface area contributed by atoms with Crippen LogP contribution < -0.4 is 16.2 Å². The molecule has 6 nitrogen and oxygen atoms in total. The van der Waals surface area contributed by atoms with Crippen molar-refractivity contribution in [3.63, 3.8) is 0 Å². The van der Waals surface area contributed by atoms with Crippen molar-refractivity contribution in [3.8, 4) is 0 Å². The van der Waals surface area contributed by atoms with Crippen LogP contribution in [0.25, 0.3) is 12.2 Å². The summed E-state index contributed by atoms with van der Waals surface area (Å²) in [5.74, 6) is 2.61. The number of benzene rings is 1. The first kappa shape index (κ1) is 18.8. The fourth-order valence-corrected chi connectivity index (χ4v) is 2.90. The van der Waals surface area contributed by atoms with Crippen LogP contribution in [0, 0.1) is 0 Å². The van der Waals surface area contributed by atoms with Gasteiger partial charge in [0.05, 0.1) is 5.00 Å². The molecule has 2 aromatic heterocycles. The molecule has 0 saturated carbocycles. The number of hydrazine groups is 1. The maximum Gasteiger partial charge on any atom is 0.160 e. The van der Waals surface area contributed by atoms with E-state index in [1.807, 2.05) is 79.9 Å². The van der Waals surface area contributed by atoms with Crippen LogP contribution in [-0.4, -0.2) is 22.3 Å². The van der Waals surface area contributed by atoms with Gasteiger partial charge in [0.15, 0.2) is 11.6 Å². The van der Waals surface area contributed by atoms with Gasteiger partial charge in [0.2, 0.25) is 0 Å². The fourth-order valence-electron chi connectivity index (χ4n) is 2.28. The number of aromatic nitrogens is 2. The van der Waals surface area contributed by atoms with Crippen molar-refractivity contribution < 1.29 is 0 Å². The lowest BCUT2D eigenvalue weighted by Gasteiger charge is -2.07. The first-order valence-corrected chi connectivity index (χ1v) is 9.58. The zero-order valence-electron chi connectivity index (χ0n) is 15.3. The number of nitrogens with zero attached hydrogens (tertiary/aromatic N) is 3. The van der Waals surface area contributed by atoms with Gasteiger partial charge in [-0.2, -0.15) is 0 Å². The highest BCUT2D eigenvalue weighted by Gasteiger charge is 2.04. The van der Waals surface area contributed by atoms with Gasteiger partial charge in [-0.1, -0.05) is 43.3 Å². The summed E-state index contributed by atoms with van der Waals surface area (Å²) >= 11 is 1.62. The van der Waals surface area contributed by atoms with E-state index in [4.69, 9.17) is 0 Å². The molecule has 0 bridgehead atoms. The number of amidine groups is 1. The number of hydrogen-bond acceptors (Lipinski definition) is 6. The van der Waals surface area contributed by atoms with Gasteiger partial charge >= 0.3 is 0 Å². The molecule has 0 aliphatic heterocycles. The predicted molar refractivity (Wildman–Crippen MR) is 115 cm³/mol. The van der Waals surface area contributed by atoms with Gasteiger partial charge in [0, 0.05) is 12.6 Å². The summed E-state index contributed by atoms with van der Waals surface area (Å²) in [6, 6.07) is 15.9. The molecule has 7 heteroatoms. The first-order chi connectivity index (χ1) is 13.2. The van der Waals surface area contributed by atoms with Gasteiger partial charge in [-0.05, 0) is 36.1 Å². The van der Waals surface area contributed by atoms with Crippen LogP contribution in [0.1, 0.15) is 25.2 Å². The molecule has 0 amide bonds. The van der Waals surface area contributed by atoms with Crippen molar-refractivity contribution in [2.45, 2.75) is 13.8 Å². The summed E-state index contributed by atoms with van der Waals surface area (Å²) < 4.78 is 0. The van der Waals surface area contributed by atoms with E-state index in [-0.39, 0.29) is 0 Å². The van der Waals surface area contributed by atoms with Crippen LogP contribution in [0.4, 0.5) is 16.6 Å². The lowest BCUT2D eigenvalue weighted by Crippen LogP contribution is -2.35. The van der Waals surface area contributed by atoms with E-state index < -0.39 is 0 Å². The molecule has 0 saturated heterocycles. The van der Waals surface area contributed by atoms with Gasteiger partial charge in [-0.25, -0.2) is 20.4 Å². The Morgan fingerprint density at radius 1 is 1.11 bits per heavy atom. The van der Waals surface area contributed by atoms with E-state index in [2.05, 4.69) is 31.1 Å². The molecule has 3 N–H and O–H groups in total. The van der Waals surface area contributed by atoms with Crippen molar-refractivity contribution in [1.29, 1.82) is 0 Å². The summed E-state index contributed by atoms with van der Waals surface area (Å²) in [5.41, 5.74) is 7.15. The Labute approximate surface area is 163 Å². The van der Waals surface area contributed by atoms with Crippen LogP contribution in [-0.2, 0) is 0 Å². The van der Waals surface area contributed by atoms with E-state index in [0.717, 1.165) is 22.9 Å². The number of nitrogens with one attached hydrogen (secondary N) is 3. The number of aliphatic imine (C=N–C) groups is 1. The zero-order valence-corrected chi connectivity index (χ0v) is 16.1. The smallest absolute Gasteiger partial charge is 0.160 e. The lowest BCUT2D eigenvalue weighted by atomic mass is 10.2. The maximum absolute atomic E-state index is 4.59. The topological polar surface area (TPSA) is 74.2 Å². The molecule has 0 atom stereocenters. The standard InChI is InChI=1S/C20H22N6S/c1-3-21-26-15(2)22-18-14-19(25-20-10-7-13-27-20)24-17(23-18)12-11-16-8-5-4-6-9-16/h4-14,21H,3H2,1-2H3,(H2,22,23,24,25,26)/b12-11+. The molecule has 3 aromatic rings. The number of thiophene rings is 1. The quantitative estimate of drug-likeness (QED) is 0.318. The lowest BCUT2D eigenvalue weighted by molar-refractivity contribution is 0.682. The van der Waals surface area contributed by atoms with E-state index in [9.17, 15) is 0 Å². The molecular formula is C20H22N6S. The molecule has 3 rings (SSSR count). The van der Waals surface area contributed by atoms with Crippen LogP contribution in [0.3, 0.4) is 0 Å². The van der Waals surface area contributed by atoms with Crippen molar-refractivity contribution in [2.75, 3.05) is 11.9 Å². The zero-order chi connectivity index (χ0) is 18.9. The monoisotopic (exact) mass is 378 g/mol. The first-order valence-electron chi connectivity index (χ1n) is 8.70. The largest absolute Gasteiger partial charge is 0.332 e. The third-order valence-electron chi connectivity index (χ3n) is 3.46. The third kappa shape index (κ3) is 6.02. The summed E-state index contributed by atoms with van der Waals surface area (Å²) in [6.45, 7) is 4.70. The summed E-state index contributed by atoms with van der Waals surface area (Å²) in [6.07, 6.45) is 3.88. The average Bonchev–Trinajstić information content (AvgIpc) is 3.18. The van der Waals surface area contributed by atoms with E-state index >= 15 is 0 Å². The van der Waals surface area contributed by atoms with Crippen molar-refractivity contribution in [2.24, 2.45) is 4.99 Å². The molecule has 0 radical (unpaired) electrons. The van der Waals surface area contributed by atoms with Gasteiger partial charge in [-0.3, -0.25) is 0 Å². The van der Waals surface area contributed by atoms with E-state index in [1.54, 1.807) is 11.3 Å². The Hall–Kier alpha value is -3.03. The molecule has 0 fully saturated rings. The highest BCUT2D eigenvalue weighted by Crippen LogP contribution is 2.23. The molecule has 138 valence electrons. The second-order valence-electron chi connectivity index (χ2n) is 5.67. The number of rotatable bonds is 7. The van der Waals surface area contributed by atoms with Crippen molar-refractivity contribution in [3.05, 3.63) is 65.3 Å². The van der Waals surface area contributed by atoms with Crippen LogP contribution in [0.5, 0.6) is 0 Å². The van der Waals surface area contributed by atoms with Gasteiger partial charge in [0.1, 0.15) is 11.7 Å².